The van der Waals surface area contributed by atoms with E-state index in [1.165, 1.54) is 0 Å². The van der Waals surface area contributed by atoms with Crippen LogP contribution in [0.2, 0.25) is 0 Å². The summed E-state index contributed by atoms with van der Waals surface area (Å²) in [6.07, 6.45) is 3.34. The lowest BCUT2D eigenvalue weighted by Gasteiger charge is -2.23. The Bertz CT molecular complexity index is 565. The smallest absolute Gasteiger partial charge is 0.217 e. The molecule has 3 rings (SSSR count). The first-order valence-corrected chi connectivity index (χ1v) is 8.69. The lowest BCUT2D eigenvalue weighted by Crippen LogP contribution is -2.37. The molecular formula is C13H21N3O3S. The average molecular weight is 299 g/mol. The molecule has 0 radical (unpaired) electrons. The Kier molecular flexibility index (Phi) is 3.83. The van der Waals surface area contributed by atoms with Crippen molar-refractivity contribution in [3.8, 4) is 0 Å². The van der Waals surface area contributed by atoms with Gasteiger partial charge in [-0.25, -0.2) is 8.42 Å². The molecule has 2 heterocycles. The predicted octanol–water partition coefficient (Wildman–Crippen LogP) is 0.844. The van der Waals surface area contributed by atoms with Crippen molar-refractivity contribution >= 4 is 10.0 Å². The largest absolute Gasteiger partial charge is 0.381 e. The second kappa shape index (κ2) is 5.46. The van der Waals surface area contributed by atoms with E-state index in [9.17, 15) is 8.42 Å². The maximum Gasteiger partial charge on any atom is 0.217 e. The van der Waals surface area contributed by atoms with Gasteiger partial charge in [-0.15, -0.1) is 0 Å². The van der Waals surface area contributed by atoms with Crippen LogP contribution in [-0.4, -0.2) is 47.5 Å². The van der Waals surface area contributed by atoms with E-state index in [0.29, 0.717) is 26.3 Å². The first kappa shape index (κ1) is 14.0. The summed E-state index contributed by atoms with van der Waals surface area (Å²) in [6, 6.07) is 1.90. The Morgan fingerprint density at radius 3 is 2.90 bits per heavy atom. The minimum absolute atomic E-state index is 0.157. The van der Waals surface area contributed by atoms with Crippen LogP contribution in [0.15, 0.2) is 12.3 Å². The van der Waals surface area contributed by atoms with Gasteiger partial charge in [-0.2, -0.15) is 9.40 Å². The van der Waals surface area contributed by atoms with Crippen LogP contribution in [0.25, 0.3) is 0 Å². The molecule has 0 saturated heterocycles. The van der Waals surface area contributed by atoms with Crippen molar-refractivity contribution in [3.63, 3.8) is 0 Å². The Labute approximate surface area is 119 Å². The number of hydrogen-bond donors (Lipinski definition) is 0. The summed E-state index contributed by atoms with van der Waals surface area (Å²) in [6.45, 7) is 4.86. The van der Waals surface area contributed by atoms with Crippen molar-refractivity contribution in [2.75, 3.05) is 19.8 Å². The van der Waals surface area contributed by atoms with E-state index >= 15 is 0 Å². The zero-order valence-corrected chi connectivity index (χ0v) is 12.6. The Morgan fingerprint density at radius 2 is 2.20 bits per heavy atom. The summed E-state index contributed by atoms with van der Waals surface area (Å²) in [5.41, 5.74) is 0.966. The van der Waals surface area contributed by atoms with Crippen LogP contribution in [0, 0.1) is 5.92 Å². The number of sulfonamides is 1. The molecule has 1 atom stereocenters. The first-order chi connectivity index (χ1) is 9.61. The number of aromatic nitrogens is 2. The van der Waals surface area contributed by atoms with Gasteiger partial charge in [0.15, 0.2) is 0 Å². The van der Waals surface area contributed by atoms with Crippen molar-refractivity contribution in [1.29, 1.82) is 0 Å². The quantitative estimate of drug-likeness (QED) is 0.808. The van der Waals surface area contributed by atoms with Gasteiger partial charge in [-0.05, 0) is 25.8 Å². The van der Waals surface area contributed by atoms with Gasteiger partial charge in [0.2, 0.25) is 10.0 Å². The Balaban J connectivity index is 1.83. The zero-order valence-electron chi connectivity index (χ0n) is 11.7. The molecule has 0 spiro atoms. The van der Waals surface area contributed by atoms with E-state index in [0.717, 1.165) is 25.1 Å². The molecule has 1 aromatic rings. The molecule has 0 amide bonds. The van der Waals surface area contributed by atoms with Crippen molar-refractivity contribution < 1.29 is 13.2 Å². The van der Waals surface area contributed by atoms with Crippen LogP contribution in [-0.2, 0) is 27.8 Å². The van der Waals surface area contributed by atoms with Crippen molar-refractivity contribution in [2.45, 2.75) is 38.1 Å². The molecule has 1 aliphatic carbocycles. The Hall–Kier alpha value is -0.920. The highest BCUT2D eigenvalue weighted by molar-refractivity contribution is 7.90. The van der Waals surface area contributed by atoms with Gasteiger partial charge in [0.1, 0.15) is 0 Å². The molecule has 112 valence electrons. The van der Waals surface area contributed by atoms with Gasteiger partial charge < -0.3 is 4.74 Å². The highest BCUT2D eigenvalue weighted by Crippen LogP contribution is 2.33. The normalized spacial score (nSPS) is 24.4. The third-order valence-corrected chi connectivity index (χ3v) is 6.21. The summed E-state index contributed by atoms with van der Waals surface area (Å²) in [4.78, 5) is 0. The molecule has 1 saturated carbocycles. The maximum absolute atomic E-state index is 12.5. The van der Waals surface area contributed by atoms with E-state index in [1.54, 1.807) is 10.5 Å². The van der Waals surface area contributed by atoms with E-state index in [-0.39, 0.29) is 11.2 Å². The van der Waals surface area contributed by atoms with Gasteiger partial charge in [0.25, 0.3) is 0 Å². The topological polar surface area (TPSA) is 64.4 Å². The monoisotopic (exact) mass is 299 g/mol. The number of rotatable bonds is 5. The fourth-order valence-corrected chi connectivity index (χ4v) is 4.54. The van der Waals surface area contributed by atoms with Crippen LogP contribution >= 0.6 is 0 Å². The van der Waals surface area contributed by atoms with Crippen LogP contribution < -0.4 is 0 Å². The van der Waals surface area contributed by atoms with Crippen LogP contribution in [0.4, 0.5) is 0 Å². The van der Waals surface area contributed by atoms with E-state index in [2.05, 4.69) is 5.10 Å². The summed E-state index contributed by atoms with van der Waals surface area (Å²) < 4.78 is 34.1. The van der Waals surface area contributed by atoms with Crippen LogP contribution in [0.3, 0.4) is 0 Å². The maximum atomic E-state index is 12.5. The van der Waals surface area contributed by atoms with Gasteiger partial charge in [0.05, 0.1) is 24.1 Å². The second-order valence-corrected chi connectivity index (χ2v) is 7.78. The molecule has 1 unspecified atom stereocenters. The molecule has 0 N–H and O–H groups in total. The second-order valence-electron chi connectivity index (χ2n) is 5.57. The van der Waals surface area contributed by atoms with Crippen LogP contribution in [0.5, 0.6) is 0 Å². The predicted molar refractivity (Wildman–Crippen MR) is 74.6 cm³/mol. The standard InChI is InChI=1S/C13H21N3O3S/c1-2-19-10-11-7-15(20(17,18)13-3-4-13)9-12-5-6-14-16(12)8-11/h5-6,11,13H,2-4,7-10H2,1H3. The zero-order chi connectivity index (χ0) is 14.2. The van der Waals surface area contributed by atoms with Crippen molar-refractivity contribution in [1.82, 2.24) is 14.1 Å². The number of hydrogen-bond acceptors (Lipinski definition) is 4. The molecule has 1 fully saturated rings. The molecule has 1 aliphatic heterocycles. The highest BCUT2D eigenvalue weighted by Gasteiger charge is 2.41. The summed E-state index contributed by atoms with van der Waals surface area (Å²) >= 11 is 0. The third kappa shape index (κ3) is 2.75. The number of fused-ring (bicyclic) bond motifs is 1. The molecule has 1 aromatic heterocycles. The summed E-state index contributed by atoms with van der Waals surface area (Å²) in [5.74, 6) is 0.157. The SMILES string of the molecule is CCOCC1CN(S(=O)(=O)C2CC2)Cc2ccnn2C1. The highest BCUT2D eigenvalue weighted by atomic mass is 32.2. The molecular weight excluding hydrogens is 278 g/mol. The minimum Gasteiger partial charge on any atom is -0.381 e. The lowest BCUT2D eigenvalue weighted by molar-refractivity contribution is 0.0966. The summed E-state index contributed by atoms with van der Waals surface area (Å²) in [5, 5.41) is 4.13. The van der Waals surface area contributed by atoms with Gasteiger partial charge in [0, 0.05) is 31.8 Å². The molecule has 0 bridgehead atoms. The van der Waals surface area contributed by atoms with E-state index in [4.69, 9.17) is 4.74 Å². The third-order valence-electron chi connectivity index (χ3n) is 3.90. The van der Waals surface area contributed by atoms with Crippen molar-refractivity contribution in [3.05, 3.63) is 18.0 Å². The van der Waals surface area contributed by atoms with E-state index < -0.39 is 10.0 Å². The fourth-order valence-electron chi connectivity index (χ4n) is 2.65. The minimum atomic E-state index is -3.15. The molecule has 7 heteroatoms. The van der Waals surface area contributed by atoms with E-state index in [1.807, 2.05) is 17.7 Å². The van der Waals surface area contributed by atoms with Crippen LogP contribution in [0.1, 0.15) is 25.5 Å². The summed E-state index contributed by atoms with van der Waals surface area (Å²) in [7, 11) is -3.15. The van der Waals surface area contributed by atoms with Crippen molar-refractivity contribution in [2.24, 2.45) is 5.92 Å². The van der Waals surface area contributed by atoms with Gasteiger partial charge in [-0.1, -0.05) is 0 Å². The Morgan fingerprint density at radius 1 is 1.40 bits per heavy atom. The molecule has 0 aromatic carbocycles. The average Bonchev–Trinajstić information content (AvgIpc) is 3.21. The van der Waals surface area contributed by atoms with Gasteiger partial charge in [-0.3, -0.25) is 4.68 Å². The first-order valence-electron chi connectivity index (χ1n) is 7.18. The van der Waals surface area contributed by atoms with Gasteiger partial charge >= 0.3 is 0 Å². The fraction of sp³-hybridized carbons (Fsp3) is 0.769. The molecule has 6 nitrogen and oxygen atoms in total. The molecule has 2 aliphatic rings. The number of nitrogens with zero attached hydrogens (tertiary/aromatic N) is 3. The number of ether oxygens (including phenoxy) is 1. The lowest BCUT2D eigenvalue weighted by atomic mass is 10.1. The molecule has 20 heavy (non-hydrogen) atoms.